The molecule has 0 saturated carbocycles. The second-order valence-electron chi connectivity index (χ2n) is 3.85. The van der Waals surface area contributed by atoms with Crippen LogP contribution in [0.25, 0.3) is 6.08 Å². The van der Waals surface area contributed by atoms with Gasteiger partial charge in [-0.15, -0.1) is 0 Å². The molecule has 0 atom stereocenters. The van der Waals surface area contributed by atoms with Gasteiger partial charge in [0, 0.05) is 18.7 Å². The number of nitrogens with zero attached hydrogens (tertiary/aromatic N) is 1. The quantitative estimate of drug-likeness (QED) is 0.756. The van der Waals surface area contributed by atoms with Gasteiger partial charge in [-0.1, -0.05) is 0 Å². The Hall–Kier alpha value is -2.17. The molecular formula is C12H12N2O3. The minimum atomic E-state index is -0.992. The predicted octanol–water partition coefficient (Wildman–Crippen LogP) is 1.45. The first kappa shape index (κ1) is 11.3. The van der Waals surface area contributed by atoms with Crippen molar-refractivity contribution in [3.05, 3.63) is 29.5 Å². The van der Waals surface area contributed by atoms with Crippen LogP contribution in [0.5, 0.6) is 0 Å². The summed E-state index contributed by atoms with van der Waals surface area (Å²) >= 11 is 0. The number of nitrogens with one attached hydrogen (secondary N) is 1. The molecular weight excluding hydrogens is 220 g/mol. The van der Waals surface area contributed by atoms with Crippen molar-refractivity contribution in [2.75, 3.05) is 5.32 Å². The molecule has 1 aromatic rings. The molecule has 2 rings (SSSR count). The number of carboxylic acids is 1. The molecule has 2 N–H and O–H groups in total. The Bertz CT molecular complexity index is 495. The standard InChI is InChI=1S/C12H12N2O3/c15-10-3-1-2-9-6-8(4-5-11(16)17)7-13-12(9)14-10/h4-7H,1-3H2,(H,16,17)(H,13,14,15). The van der Waals surface area contributed by atoms with Gasteiger partial charge in [0.25, 0.3) is 0 Å². The van der Waals surface area contributed by atoms with Gasteiger partial charge in [0.15, 0.2) is 0 Å². The van der Waals surface area contributed by atoms with Gasteiger partial charge in [-0.05, 0) is 36.1 Å². The molecule has 0 saturated heterocycles. The number of carboxylic acid groups (broad SMARTS) is 1. The fraction of sp³-hybridized carbons (Fsp3) is 0.250. The number of aliphatic carboxylic acids is 1. The molecule has 1 amide bonds. The van der Waals surface area contributed by atoms with E-state index < -0.39 is 5.97 Å². The van der Waals surface area contributed by atoms with E-state index in [0.717, 1.165) is 30.0 Å². The zero-order chi connectivity index (χ0) is 12.3. The number of fused-ring (bicyclic) bond motifs is 1. The van der Waals surface area contributed by atoms with Gasteiger partial charge in [-0.2, -0.15) is 0 Å². The van der Waals surface area contributed by atoms with Crippen LogP contribution in [-0.2, 0) is 16.0 Å². The number of rotatable bonds is 2. The van der Waals surface area contributed by atoms with E-state index in [1.54, 1.807) is 6.20 Å². The van der Waals surface area contributed by atoms with Crippen LogP contribution in [0.4, 0.5) is 5.82 Å². The molecule has 1 aliphatic heterocycles. The Labute approximate surface area is 98.2 Å². The molecule has 0 fully saturated rings. The first-order valence-electron chi connectivity index (χ1n) is 5.35. The maximum Gasteiger partial charge on any atom is 0.328 e. The summed E-state index contributed by atoms with van der Waals surface area (Å²) in [4.78, 5) is 25.8. The average molecular weight is 232 g/mol. The largest absolute Gasteiger partial charge is 0.478 e. The highest BCUT2D eigenvalue weighted by Gasteiger charge is 2.13. The smallest absolute Gasteiger partial charge is 0.328 e. The van der Waals surface area contributed by atoms with Crippen molar-refractivity contribution >= 4 is 23.8 Å². The fourth-order valence-corrected chi connectivity index (χ4v) is 1.72. The summed E-state index contributed by atoms with van der Waals surface area (Å²) in [5.74, 6) is -0.432. The molecule has 0 aliphatic carbocycles. The number of hydrogen-bond donors (Lipinski definition) is 2. The highest BCUT2D eigenvalue weighted by Crippen LogP contribution is 2.21. The lowest BCUT2D eigenvalue weighted by atomic mass is 10.1. The van der Waals surface area contributed by atoms with Gasteiger partial charge < -0.3 is 10.4 Å². The van der Waals surface area contributed by atoms with Crippen LogP contribution < -0.4 is 5.32 Å². The minimum Gasteiger partial charge on any atom is -0.478 e. The molecule has 2 heterocycles. The van der Waals surface area contributed by atoms with Gasteiger partial charge in [0.05, 0.1) is 0 Å². The van der Waals surface area contributed by atoms with Crippen LogP contribution >= 0.6 is 0 Å². The average Bonchev–Trinajstić information content (AvgIpc) is 2.46. The van der Waals surface area contributed by atoms with E-state index in [1.807, 2.05) is 6.07 Å². The highest BCUT2D eigenvalue weighted by molar-refractivity contribution is 5.91. The van der Waals surface area contributed by atoms with E-state index in [9.17, 15) is 9.59 Å². The Morgan fingerprint density at radius 3 is 3.06 bits per heavy atom. The topological polar surface area (TPSA) is 79.3 Å². The lowest BCUT2D eigenvalue weighted by Gasteiger charge is -2.05. The van der Waals surface area contributed by atoms with Crippen LogP contribution in [-0.4, -0.2) is 22.0 Å². The molecule has 0 radical (unpaired) electrons. The Morgan fingerprint density at radius 1 is 1.47 bits per heavy atom. The van der Waals surface area contributed by atoms with E-state index in [4.69, 9.17) is 5.11 Å². The van der Waals surface area contributed by atoms with Crippen LogP contribution in [0.2, 0.25) is 0 Å². The number of pyridine rings is 1. The third-order valence-corrected chi connectivity index (χ3v) is 2.51. The number of hydrogen-bond acceptors (Lipinski definition) is 3. The van der Waals surface area contributed by atoms with Crippen molar-refractivity contribution in [2.45, 2.75) is 19.3 Å². The maximum absolute atomic E-state index is 11.3. The molecule has 0 aromatic carbocycles. The molecule has 5 heteroatoms. The molecule has 88 valence electrons. The van der Waals surface area contributed by atoms with Crippen molar-refractivity contribution in [3.63, 3.8) is 0 Å². The monoisotopic (exact) mass is 232 g/mol. The summed E-state index contributed by atoms with van der Waals surface area (Å²) in [6.07, 6.45) is 6.16. The predicted molar refractivity (Wildman–Crippen MR) is 62.5 cm³/mol. The third kappa shape index (κ3) is 2.90. The van der Waals surface area contributed by atoms with Gasteiger partial charge in [0.1, 0.15) is 5.82 Å². The van der Waals surface area contributed by atoms with E-state index >= 15 is 0 Å². The minimum absolute atomic E-state index is 0.0231. The number of carbonyl (C=O) groups excluding carboxylic acids is 1. The second kappa shape index (κ2) is 4.78. The van der Waals surface area contributed by atoms with Gasteiger partial charge in [-0.3, -0.25) is 4.79 Å². The lowest BCUT2D eigenvalue weighted by molar-refractivity contribution is -0.131. The summed E-state index contributed by atoms with van der Waals surface area (Å²) < 4.78 is 0. The molecule has 17 heavy (non-hydrogen) atoms. The molecule has 0 unspecified atom stereocenters. The molecule has 1 aliphatic rings. The number of aryl methyl sites for hydroxylation is 1. The molecule has 0 bridgehead atoms. The summed E-state index contributed by atoms with van der Waals surface area (Å²) in [7, 11) is 0. The van der Waals surface area contributed by atoms with Crippen molar-refractivity contribution in [1.29, 1.82) is 0 Å². The van der Waals surface area contributed by atoms with Gasteiger partial charge >= 0.3 is 5.97 Å². The van der Waals surface area contributed by atoms with Crippen LogP contribution in [0.3, 0.4) is 0 Å². The van der Waals surface area contributed by atoms with Crippen LogP contribution in [0.15, 0.2) is 18.3 Å². The first-order valence-corrected chi connectivity index (χ1v) is 5.35. The van der Waals surface area contributed by atoms with E-state index in [2.05, 4.69) is 10.3 Å². The first-order chi connectivity index (χ1) is 8.15. The van der Waals surface area contributed by atoms with Crippen molar-refractivity contribution in [1.82, 2.24) is 4.98 Å². The van der Waals surface area contributed by atoms with E-state index in [0.29, 0.717) is 12.2 Å². The number of aromatic nitrogens is 1. The molecule has 1 aromatic heterocycles. The summed E-state index contributed by atoms with van der Waals surface area (Å²) in [6, 6.07) is 1.85. The SMILES string of the molecule is O=C(O)C=Cc1cnc2c(c1)CCCC(=O)N2. The van der Waals surface area contributed by atoms with E-state index in [1.165, 1.54) is 6.08 Å². The highest BCUT2D eigenvalue weighted by atomic mass is 16.4. The van der Waals surface area contributed by atoms with Crippen LogP contribution in [0, 0.1) is 0 Å². The lowest BCUT2D eigenvalue weighted by Crippen LogP contribution is -2.10. The maximum atomic E-state index is 11.3. The van der Waals surface area contributed by atoms with Gasteiger partial charge in [0.2, 0.25) is 5.91 Å². The summed E-state index contributed by atoms with van der Waals surface area (Å²) in [5, 5.41) is 11.3. The fourth-order valence-electron chi connectivity index (χ4n) is 1.72. The van der Waals surface area contributed by atoms with Crippen molar-refractivity contribution in [2.24, 2.45) is 0 Å². The number of anilines is 1. The van der Waals surface area contributed by atoms with Crippen molar-refractivity contribution in [3.8, 4) is 0 Å². The Morgan fingerprint density at radius 2 is 2.29 bits per heavy atom. The third-order valence-electron chi connectivity index (χ3n) is 2.51. The van der Waals surface area contributed by atoms with Gasteiger partial charge in [-0.25, -0.2) is 9.78 Å². The van der Waals surface area contributed by atoms with E-state index in [-0.39, 0.29) is 5.91 Å². The van der Waals surface area contributed by atoms with Crippen LogP contribution in [0.1, 0.15) is 24.0 Å². The zero-order valence-electron chi connectivity index (χ0n) is 9.14. The summed E-state index contributed by atoms with van der Waals surface area (Å²) in [5.41, 5.74) is 1.67. The zero-order valence-corrected chi connectivity index (χ0v) is 9.14. The molecule has 5 nitrogen and oxygen atoms in total. The Balaban J connectivity index is 2.27. The summed E-state index contributed by atoms with van der Waals surface area (Å²) in [6.45, 7) is 0. The Kier molecular flexibility index (Phi) is 3.18. The second-order valence-corrected chi connectivity index (χ2v) is 3.85. The number of carbonyl (C=O) groups is 2. The number of amides is 1. The normalized spacial score (nSPS) is 15.2. The molecule has 0 spiro atoms. The van der Waals surface area contributed by atoms with Crippen molar-refractivity contribution < 1.29 is 14.7 Å².